The van der Waals surface area contributed by atoms with E-state index in [4.69, 9.17) is 5.73 Å². The van der Waals surface area contributed by atoms with Crippen molar-refractivity contribution in [2.24, 2.45) is 5.73 Å². The van der Waals surface area contributed by atoms with Gasteiger partial charge in [-0.2, -0.15) is 13.2 Å². The highest BCUT2D eigenvalue weighted by Crippen LogP contribution is 2.47. The van der Waals surface area contributed by atoms with Crippen molar-refractivity contribution in [2.45, 2.75) is 24.4 Å². The molecule has 5 heteroatoms. The Labute approximate surface area is 85.3 Å². The van der Waals surface area contributed by atoms with E-state index in [-0.39, 0.29) is 5.41 Å². The average molecular weight is 216 g/mol. The highest BCUT2D eigenvalue weighted by atomic mass is 19.4. The molecule has 1 saturated carbocycles. The van der Waals surface area contributed by atoms with Gasteiger partial charge in [-0.25, -0.2) is 0 Å². The quantitative estimate of drug-likeness (QED) is 0.822. The molecule has 0 bridgehead atoms. The summed E-state index contributed by atoms with van der Waals surface area (Å²) in [5.74, 6) is 0. The van der Waals surface area contributed by atoms with E-state index in [1.54, 1.807) is 0 Å². The minimum Gasteiger partial charge on any atom is -0.330 e. The lowest BCUT2D eigenvalue weighted by Gasteiger charge is -2.13. The zero-order valence-electron chi connectivity index (χ0n) is 8.01. The summed E-state index contributed by atoms with van der Waals surface area (Å²) in [6, 6.07) is 2.09. The summed E-state index contributed by atoms with van der Waals surface area (Å²) in [6.07, 6.45) is -1.44. The molecule has 2 N–H and O–H groups in total. The third-order valence-corrected chi connectivity index (χ3v) is 2.87. The summed E-state index contributed by atoms with van der Waals surface area (Å²) in [6.45, 7) is 0.362. The Bertz CT molecular complexity index is 369. The van der Waals surface area contributed by atoms with Gasteiger partial charge < -0.3 is 5.73 Å². The fourth-order valence-electron chi connectivity index (χ4n) is 1.61. The van der Waals surface area contributed by atoms with Gasteiger partial charge in [0.05, 0.1) is 5.56 Å². The van der Waals surface area contributed by atoms with E-state index in [9.17, 15) is 13.2 Å². The first-order chi connectivity index (χ1) is 6.98. The SMILES string of the molecule is NCC1(c2cc(C(F)(F)F)ccn2)CC1. The highest BCUT2D eigenvalue weighted by Gasteiger charge is 2.45. The maximum absolute atomic E-state index is 12.4. The van der Waals surface area contributed by atoms with Gasteiger partial charge in [0.2, 0.25) is 0 Å². The van der Waals surface area contributed by atoms with Gasteiger partial charge in [-0.3, -0.25) is 4.98 Å². The predicted molar refractivity (Wildman–Crippen MR) is 49.2 cm³/mol. The summed E-state index contributed by atoms with van der Waals surface area (Å²) < 4.78 is 37.3. The zero-order valence-corrected chi connectivity index (χ0v) is 8.01. The molecular weight excluding hydrogens is 205 g/mol. The molecule has 0 unspecified atom stereocenters. The lowest BCUT2D eigenvalue weighted by molar-refractivity contribution is -0.137. The van der Waals surface area contributed by atoms with E-state index in [2.05, 4.69) is 4.98 Å². The van der Waals surface area contributed by atoms with E-state index < -0.39 is 11.7 Å². The second-order valence-corrected chi connectivity index (χ2v) is 3.91. The van der Waals surface area contributed by atoms with Crippen molar-refractivity contribution >= 4 is 0 Å². The molecular formula is C10H11F3N2. The Kier molecular flexibility index (Phi) is 2.22. The minimum absolute atomic E-state index is 0.290. The average Bonchev–Trinajstić information content (AvgIpc) is 2.97. The van der Waals surface area contributed by atoms with Crippen LogP contribution in [0.3, 0.4) is 0 Å². The van der Waals surface area contributed by atoms with Crippen LogP contribution in [0, 0.1) is 0 Å². The zero-order chi connectivity index (χ0) is 11.1. The number of pyridine rings is 1. The van der Waals surface area contributed by atoms with Crippen LogP contribution in [0.25, 0.3) is 0 Å². The first-order valence-electron chi connectivity index (χ1n) is 4.72. The second-order valence-electron chi connectivity index (χ2n) is 3.91. The van der Waals surface area contributed by atoms with Crippen LogP contribution in [0.4, 0.5) is 13.2 Å². The third-order valence-electron chi connectivity index (χ3n) is 2.87. The van der Waals surface area contributed by atoms with E-state index >= 15 is 0 Å². The van der Waals surface area contributed by atoms with Gasteiger partial charge in [0.25, 0.3) is 0 Å². The molecule has 0 radical (unpaired) electrons. The number of hydrogen-bond acceptors (Lipinski definition) is 2. The molecule has 82 valence electrons. The van der Waals surface area contributed by atoms with Crippen molar-refractivity contribution in [3.8, 4) is 0 Å². The van der Waals surface area contributed by atoms with Crippen molar-refractivity contribution in [3.63, 3.8) is 0 Å². The predicted octanol–water partition coefficient (Wildman–Crippen LogP) is 2.09. The van der Waals surface area contributed by atoms with E-state index in [1.165, 1.54) is 6.20 Å². The lowest BCUT2D eigenvalue weighted by atomic mass is 10.0. The van der Waals surface area contributed by atoms with Gasteiger partial charge in [0, 0.05) is 23.9 Å². The van der Waals surface area contributed by atoms with Gasteiger partial charge in [0.1, 0.15) is 0 Å². The monoisotopic (exact) mass is 216 g/mol. The molecule has 1 aliphatic carbocycles. The number of hydrogen-bond donors (Lipinski definition) is 1. The molecule has 0 spiro atoms. The summed E-state index contributed by atoms with van der Waals surface area (Å²) in [4.78, 5) is 3.98. The van der Waals surface area contributed by atoms with Crippen LogP contribution >= 0.6 is 0 Å². The molecule has 1 aromatic heterocycles. The minimum atomic E-state index is -4.30. The van der Waals surface area contributed by atoms with Gasteiger partial charge in [-0.05, 0) is 25.0 Å². The van der Waals surface area contributed by atoms with Crippen molar-refractivity contribution in [1.82, 2.24) is 4.98 Å². The molecule has 0 aliphatic heterocycles. The highest BCUT2D eigenvalue weighted by molar-refractivity contribution is 5.30. The van der Waals surface area contributed by atoms with E-state index in [0.29, 0.717) is 12.2 Å². The van der Waals surface area contributed by atoms with Gasteiger partial charge in [0.15, 0.2) is 0 Å². The van der Waals surface area contributed by atoms with Crippen LogP contribution in [0.15, 0.2) is 18.3 Å². The summed E-state index contributed by atoms with van der Waals surface area (Å²) in [7, 11) is 0. The van der Waals surface area contributed by atoms with Crippen LogP contribution in [0.1, 0.15) is 24.1 Å². The fraction of sp³-hybridized carbons (Fsp3) is 0.500. The van der Waals surface area contributed by atoms with Gasteiger partial charge in [-0.15, -0.1) is 0 Å². The molecule has 0 aromatic carbocycles. The van der Waals surface area contributed by atoms with Crippen molar-refractivity contribution in [1.29, 1.82) is 0 Å². The van der Waals surface area contributed by atoms with E-state index in [1.807, 2.05) is 0 Å². The first-order valence-corrected chi connectivity index (χ1v) is 4.72. The normalized spacial score (nSPS) is 18.9. The number of nitrogens with zero attached hydrogens (tertiary/aromatic N) is 1. The number of alkyl halides is 3. The maximum Gasteiger partial charge on any atom is 0.416 e. The van der Waals surface area contributed by atoms with Crippen molar-refractivity contribution < 1.29 is 13.2 Å². The summed E-state index contributed by atoms with van der Waals surface area (Å²) in [5, 5.41) is 0. The van der Waals surface area contributed by atoms with Crippen LogP contribution in [-0.2, 0) is 11.6 Å². The van der Waals surface area contributed by atoms with Crippen molar-refractivity contribution in [3.05, 3.63) is 29.6 Å². The molecule has 1 aromatic rings. The maximum atomic E-state index is 12.4. The smallest absolute Gasteiger partial charge is 0.330 e. The van der Waals surface area contributed by atoms with Crippen molar-refractivity contribution in [2.75, 3.05) is 6.54 Å². The molecule has 15 heavy (non-hydrogen) atoms. The summed E-state index contributed by atoms with van der Waals surface area (Å²) >= 11 is 0. The molecule has 0 saturated heterocycles. The third kappa shape index (κ3) is 1.84. The van der Waals surface area contributed by atoms with Crippen LogP contribution in [0.2, 0.25) is 0 Å². The number of aromatic nitrogens is 1. The Balaban J connectivity index is 2.35. The molecule has 1 fully saturated rings. The second kappa shape index (κ2) is 3.20. The fourth-order valence-corrected chi connectivity index (χ4v) is 1.61. The van der Waals surface area contributed by atoms with E-state index in [0.717, 1.165) is 25.0 Å². The Morgan fingerprint density at radius 2 is 2.07 bits per heavy atom. The van der Waals surface area contributed by atoms with Crippen LogP contribution in [-0.4, -0.2) is 11.5 Å². The Hall–Kier alpha value is -1.10. The molecule has 0 atom stereocenters. The first kappa shape index (κ1) is 10.4. The number of rotatable bonds is 2. The van der Waals surface area contributed by atoms with Crippen LogP contribution in [0.5, 0.6) is 0 Å². The molecule has 1 aliphatic rings. The number of nitrogens with two attached hydrogens (primary N) is 1. The standard InChI is InChI=1S/C10H11F3N2/c11-10(12,13)7-1-4-15-8(5-7)9(6-14)2-3-9/h1,4-5H,2-3,6,14H2. The number of halogens is 3. The largest absolute Gasteiger partial charge is 0.416 e. The molecule has 0 amide bonds. The molecule has 1 heterocycles. The summed E-state index contributed by atoms with van der Waals surface area (Å²) in [5.41, 5.74) is 5.07. The molecule has 2 nitrogen and oxygen atoms in total. The Morgan fingerprint density at radius 3 is 2.53 bits per heavy atom. The topological polar surface area (TPSA) is 38.9 Å². The van der Waals surface area contributed by atoms with Gasteiger partial charge >= 0.3 is 6.18 Å². The van der Waals surface area contributed by atoms with Crippen LogP contribution < -0.4 is 5.73 Å². The Morgan fingerprint density at radius 1 is 1.40 bits per heavy atom. The molecule has 2 rings (SSSR count). The lowest BCUT2D eigenvalue weighted by Crippen LogP contribution is -2.21. The van der Waals surface area contributed by atoms with Gasteiger partial charge in [-0.1, -0.05) is 0 Å².